The molecule has 2 N–H and O–H groups in total. The van der Waals surface area contributed by atoms with E-state index in [1.165, 1.54) is 5.56 Å². The molecule has 1 aliphatic carbocycles. The van der Waals surface area contributed by atoms with Crippen molar-refractivity contribution in [3.05, 3.63) is 102 Å². The maximum atomic E-state index is 13.1. The predicted molar refractivity (Wildman–Crippen MR) is 142 cm³/mol. The third kappa shape index (κ3) is 6.33. The van der Waals surface area contributed by atoms with E-state index in [0.29, 0.717) is 17.0 Å². The van der Waals surface area contributed by atoms with E-state index in [1.807, 2.05) is 72.8 Å². The van der Waals surface area contributed by atoms with Gasteiger partial charge in [-0.05, 0) is 60.2 Å². The molecule has 3 aromatic carbocycles. The van der Waals surface area contributed by atoms with Gasteiger partial charge in [0, 0.05) is 24.4 Å². The summed E-state index contributed by atoms with van der Waals surface area (Å²) in [6.45, 7) is 5.01. The van der Waals surface area contributed by atoms with Gasteiger partial charge in [-0.2, -0.15) is 0 Å². The molecule has 0 fully saturated rings. The highest BCUT2D eigenvalue weighted by Gasteiger charge is 2.34. The number of Topliss-reactive ketones (excluding diaryl/α,β-unsaturated/α-hetero) is 1. The topological polar surface area (TPSA) is 50.4 Å². The third-order valence-electron chi connectivity index (χ3n) is 5.79. The summed E-state index contributed by atoms with van der Waals surface area (Å²) < 4.78 is 5.86. The first-order valence-corrected chi connectivity index (χ1v) is 12.0. The van der Waals surface area contributed by atoms with Crippen LogP contribution in [0.5, 0.6) is 11.5 Å². The summed E-state index contributed by atoms with van der Waals surface area (Å²) in [5.74, 6) is 1.60. The fourth-order valence-corrected chi connectivity index (χ4v) is 4.52. The molecule has 3 aromatic rings. The smallest absolute Gasteiger partial charge is 0.168 e. The molecule has 174 valence electrons. The zero-order valence-corrected chi connectivity index (χ0v) is 20.5. The second-order valence-corrected chi connectivity index (χ2v) is 9.76. The van der Waals surface area contributed by atoms with Gasteiger partial charge in [0.15, 0.2) is 5.78 Å². The number of benzene rings is 3. The van der Waals surface area contributed by atoms with Gasteiger partial charge in [-0.3, -0.25) is 4.79 Å². The number of anilines is 1. The van der Waals surface area contributed by atoms with Gasteiger partial charge in [0.1, 0.15) is 16.5 Å². The van der Waals surface area contributed by atoms with Crippen molar-refractivity contribution in [2.75, 3.05) is 11.9 Å². The fraction of sp³-hybridized carbons (Fsp3) is 0.241. The van der Waals surface area contributed by atoms with E-state index in [4.69, 9.17) is 17.0 Å². The van der Waals surface area contributed by atoms with Crippen LogP contribution in [0.2, 0.25) is 0 Å². The van der Waals surface area contributed by atoms with Crippen LogP contribution >= 0.6 is 12.2 Å². The average Bonchev–Trinajstić information content (AvgIpc) is 2.81. The maximum Gasteiger partial charge on any atom is 0.168 e. The summed E-state index contributed by atoms with van der Waals surface area (Å²) in [6.07, 6.45) is 2.15. The molecule has 0 aliphatic heterocycles. The average molecular weight is 471 g/mol. The Morgan fingerprint density at radius 1 is 0.882 bits per heavy atom. The van der Waals surface area contributed by atoms with E-state index in [9.17, 15) is 4.79 Å². The van der Waals surface area contributed by atoms with Gasteiger partial charge < -0.3 is 15.4 Å². The number of ether oxygens (including phenoxy) is 1. The van der Waals surface area contributed by atoms with Crippen LogP contribution in [0.4, 0.5) is 5.69 Å². The van der Waals surface area contributed by atoms with Gasteiger partial charge in [0.2, 0.25) is 0 Å². The van der Waals surface area contributed by atoms with Crippen LogP contribution in [0, 0.1) is 5.41 Å². The largest absolute Gasteiger partial charge is 0.457 e. The van der Waals surface area contributed by atoms with E-state index >= 15 is 0 Å². The van der Waals surface area contributed by atoms with Crippen molar-refractivity contribution in [3.8, 4) is 11.5 Å². The van der Waals surface area contributed by atoms with Crippen molar-refractivity contribution < 1.29 is 9.53 Å². The van der Waals surface area contributed by atoms with Crippen molar-refractivity contribution in [1.29, 1.82) is 0 Å². The molecular formula is C29H30N2O2S. The monoisotopic (exact) mass is 470 g/mol. The number of thiocarbonyl (C=S) groups is 1. The highest BCUT2D eigenvalue weighted by atomic mass is 32.1. The van der Waals surface area contributed by atoms with Crippen LogP contribution in [-0.2, 0) is 11.2 Å². The Labute approximate surface area is 207 Å². The maximum absolute atomic E-state index is 13.1. The molecule has 34 heavy (non-hydrogen) atoms. The van der Waals surface area contributed by atoms with Crippen LogP contribution < -0.4 is 15.4 Å². The van der Waals surface area contributed by atoms with E-state index in [2.05, 4.69) is 36.6 Å². The van der Waals surface area contributed by atoms with Crippen molar-refractivity contribution in [3.63, 3.8) is 0 Å². The molecule has 4 nitrogen and oxygen atoms in total. The second kappa shape index (κ2) is 10.7. The number of para-hydroxylation sites is 1. The summed E-state index contributed by atoms with van der Waals surface area (Å²) >= 11 is 5.71. The zero-order chi connectivity index (χ0) is 24.0. The highest BCUT2D eigenvalue weighted by Crippen LogP contribution is 2.36. The fourth-order valence-electron chi connectivity index (χ4n) is 4.16. The molecule has 0 bridgehead atoms. The number of ketones is 1. The Balaban J connectivity index is 1.46. The first kappa shape index (κ1) is 23.7. The first-order valence-electron chi connectivity index (χ1n) is 11.6. The lowest BCUT2D eigenvalue weighted by atomic mass is 9.75. The molecule has 1 aliphatic rings. The Bertz CT molecular complexity index is 1170. The molecule has 0 amide bonds. The van der Waals surface area contributed by atoms with Crippen LogP contribution in [0.25, 0.3) is 0 Å². The summed E-state index contributed by atoms with van der Waals surface area (Å²) in [4.78, 5) is 13.6. The standard InChI is InChI=1S/C29H30N2O2S/c1-29(2)19-25(30-18-17-21-9-5-3-6-10-21)27(26(32)20-29)28(34)31-22-13-15-24(16-14-22)33-23-11-7-4-8-12-23/h3-16,30H,17-20H2,1-2H3,(H,31,34). The van der Waals surface area contributed by atoms with E-state index in [0.717, 1.165) is 42.3 Å². The lowest BCUT2D eigenvalue weighted by Crippen LogP contribution is -2.36. The number of carbonyl (C=O) groups is 1. The lowest BCUT2D eigenvalue weighted by Gasteiger charge is -2.33. The number of hydrogen-bond donors (Lipinski definition) is 2. The molecule has 0 radical (unpaired) electrons. The van der Waals surface area contributed by atoms with Gasteiger partial charge in [0.05, 0.1) is 5.57 Å². The highest BCUT2D eigenvalue weighted by molar-refractivity contribution is 7.81. The Hall–Kier alpha value is -3.44. The summed E-state index contributed by atoms with van der Waals surface area (Å²) in [7, 11) is 0. The normalized spacial score (nSPS) is 15.1. The summed E-state index contributed by atoms with van der Waals surface area (Å²) in [6, 6.07) is 27.6. The molecular weight excluding hydrogens is 440 g/mol. The van der Waals surface area contributed by atoms with Gasteiger partial charge in [-0.15, -0.1) is 0 Å². The van der Waals surface area contributed by atoms with E-state index in [-0.39, 0.29) is 11.2 Å². The minimum Gasteiger partial charge on any atom is -0.457 e. The summed E-state index contributed by atoms with van der Waals surface area (Å²) in [5.41, 5.74) is 3.52. The summed E-state index contributed by atoms with van der Waals surface area (Å²) in [5, 5.41) is 6.78. The molecule has 4 rings (SSSR count). The van der Waals surface area contributed by atoms with Crippen LogP contribution in [0.15, 0.2) is 96.2 Å². The van der Waals surface area contributed by atoms with E-state index < -0.39 is 0 Å². The molecule has 5 heteroatoms. The van der Waals surface area contributed by atoms with Crippen LogP contribution in [0.3, 0.4) is 0 Å². The SMILES string of the molecule is CC1(C)CC(=O)C(C(=S)Nc2ccc(Oc3ccccc3)cc2)=C(NCCc2ccccc2)C1. The molecule has 0 aromatic heterocycles. The Morgan fingerprint density at radius 3 is 2.18 bits per heavy atom. The van der Waals surface area contributed by atoms with Crippen molar-refractivity contribution in [2.45, 2.75) is 33.1 Å². The van der Waals surface area contributed by atoms with Gasteiger partial charge in [-0.1, -0.05) is 74.6 Å². The first-order chi connectivity index (χ1) is 16.4. The Kier molecular flexibility index (Phi) is 7.43. The van der Waals surface area contributed by atoms with Gasteiger partial charge >= 0.3 is 0 Å². The molecule has 0 atom stereocenters. The van der Waals surface area contributed by atoms with Crippen molar-refractivity contribution >= 4 is 28.7 Å². The quantitative estimate of drug-likeness (QED) is 0.359. The van der Waals surface area contributed by atoms with Crippen molar-refractivity contribution in [2.24, 2.45) is 5.41 Å². The van der Waals surface area contributed by atoms with Gasteiger partial charge in [0.25, 0.3) is 0 Å². The molecule has 0 heterocycles. The molecule has 0 saturated heterocycles. The molecule has 0 spiro atoms. The second-order valence-electron chi connectivity index (χ2n) is 9.35. The predicted octanol–water partition coefficient (Wildman–Crippen LogP) is 6.69. The number of carbonyl (C=O) groups excluding carboxylic acids is 1. The minimum absolute atomic E-state index is 0.0833. The number of rotatable bonds is 8. The number of hydrogen-bond acceptors (Lipinski definition) is 4. The van der Waals surface area contributed by atoms with Crippen LogP contribution in [-0.4, -0.2) is 17.3 Å². The molecule has 0 saturated carbocycles. The Morgan fingerprint density at radius 2 is 1.50 bits per heavy atom. The van der Waals surface area contributed by atoms with Gasteiger partial charge in [-0.25, -0.2) is 0 Å². The number of nitrogens with one attached hydrogen (secondary N) is 2. The minimum atomic E-state index is -0.0955. The third-order valence-corrected chi connectivity index (χ3v) is 6.09. The van der Waals surface area contributed by atoms with Crippen LogP contribution in [0.1, 0.15) is 32.3 Å². The lowest BCUT2D eigenvalue weighted by molar-refractivity contribution is -0.117. The molecule has 0 unspecified atom stereocenters. The van der Waals surface area contributed by atoms with E-state index in [1.54, 1.807) is 0 Å². The zero-order valence-electron chi connectivity index (χ0n) is 19.6. The van der Waals surface area contributed by atoms with Crippen molar-refractivity contribution in [1.82, 2.24) is 5.32 Å². The number of allylic oxidation sites excluding steroid dienone is 1.